The van der Waals surface area contributed by atoms with Gasteiger partial charge in [-0.15, -0.1) is 0 Å². The number of esters is 1. The van der Waals surface area contributed by atoms with Crippen LogP contribution < -0.4 is 9.47 Å². The van der Waals surface area contributed by atoms with E-state index in [0.29, 0.717) is 31.2 Å². The van der Waals surface area contributed by atoms with Crippen LogP contribution in [0.2, 0.25) is 5.02 Å². The number of carbonyl (C=O) groups excluding carboxylic acids is 1. The summed E-state index contributed by atoms with van der Waals surface area (Å²) in [5, 5.41) is 0.0829. The molecule has 2 aromatic rings. The average Bonchev–Trinajstić information content (AvgIpc) is 3.19. The van der Waals surface area contributed by atoms with Gasteiger partial charge in [0.2, 0.25) is 10.0 Å². The molecular formula is C19H20ClNO5S. The Hall–Kier alpha value is -2.09. The first-order valence-corrected chi connectivity index (χ1v) is 10.5. The van der Waals surface area contributed by atoms with Crippen LogP contribution >= 0.6 is 11.6 Å². The summed E-state index contributed by atoms with van der Waals surface area (Å²) in [6, 6.07) is 10.7. The molecule has 0 radical (unpaired) electrons. The Kier molecular flexibility index (Phi) is 6.04. The van der Waals surface area contributed by atoms with Gasteiger partial charge in [-0.2, -0.15) is 4.31 Å². The SMILES string of the molecule is CCOc1ccc(OC(=O)c2ccc(Cl)c(S(=O)(=O)N3CCCC3)c2)cc1. The predicted molar refractivity (Wildman–Crippen MR) is 102 cm³/mol. The van der Waals surface area contributed by atoms with Gasteiger partial charge < -0.3 is 9.47 Å². The van der Waals surface area contributed by atoms with E-state index >= 15 is 0 Å². The van der Waals surface area contributed by atoms with E-state index in [4.69, 9.17) is 21.1 Å². The van der Waals surface area contributed by atoms with Gasteiger partial charge in [0.15, 0.2) is 0 Å². The summed E-state index contributed by atoms with van der Waals surface area (Å²) in [4.78, 5) is 12.4. The van der Waals surface area contributed by atoms with Crippen LogP contribution in [0.3, 0.4) is 0 Å². The minimum absolute atomic E-state index is 0.0767. The highest BCUT2D eigenvalue weighted by molar-refractivity contribution is 7.89. The van der Waals surface area contributed by atoms with Crippen molar-refractivity contribution in [3.8, 4) is 11.5 Å². The van der Waals surface area contributed by atoms with E-state index < -0.39 is 16.0 Å². The highest BCUT2D eigenvalue weighted by Gasteiger charge is 2.30. The molecule has 144 valence electrons. The molecule has 0 unspecified atom stereocenters. The lowest BCUT2D eigenvalue weighted by molar-refractivity contribution is 0.0734. The van der Waals surface area contributed by atoms with Gasteiger partial charge >= 0.3 is 5.97 Å². The normalized spacial score (nSPS) is 14.9. The first-order valence-electron chi connectivity index (χ1n) is 8.66. The van der Waals surface area contributed by atoms with Crippen molar-refractivity contribution in [3.05, 3.63) is 53.1 Å². The highest BCUT2D eigenvalue weighted by Crippen LogP contribution is 2.28. The number of hydrogen-bond donors (Lipinski definition) is 0. The lowest BCUT2D eigenvalue weighted by Gasteiger charge is -2.17. The molecule has 8 heteroatoms. The number of benzene rings is 2. The van der Waals surface area contributed by atoms with Crippen LogP contribution in [-0.4, -0.2) is 38.4 Å². The molecular weight excluding hydrogens is 390 g/mol. The quantitative estimate of drug-likeness (QED) is 0.536. The van der Waals surface area contributed by atoms with Crippen molar-refractivity contribution >= 4 is 27.6 Å². The molecule has 2 aromatic carbocycles. The Balaban J connectivity index is 1.81. The van der Waals surface area contributed by atoms with Gasteiger partial charge in [0, 0.05) is 13.1 Å². The zero-order chi connectivity index (χ0) is 19.4. The van der Waals surface area contributed by atoms with E-state index in [0.717, 1.165) is 12.8 Å². The van der Waals surface area contributed by atoms with Gasteiger partial charge in [-0.05, 0) is 62.2 Å². The summed E-state index contributed by atoms with van der Waals surface area (Å²) in [6.07, 6.45) is 1.63. The third-order valence-corrected chi connectivity index (χ3v) is 6.58. The maximum atomic E-state index is 12.8. The topological polar surface area (TPSA) is 72.9 Å². The third-order valence-electron chi connectivity index (χ3n) is 4.20. The maximum Gasteiger partial charge on any atom is 0.343 e. The molecule has 27 heavy (non-hydrogen) atoms. The second-order valence-corrected chi connectivity index (χ2v) is 8.36. The molecule has 0 spiro atoms. The first kappa shape index (κ1) is 19.7. The molecule has 1 fully saturated rings. The van der Waals surface area contributed by atoms with Crippen LogP contribution in [0.1, 0.15) is 30.1 Å². The lowest BCUT2D eigenvalue weighted by atomic mass is 10.2. The van der Waals surface area contributed by atoms with Crippen molar-refractivity contribution in [1.82, 2.24) is 4.31 Å². The summed E-state index contributed by atoms with van der Waals surface area (Å²) in [5.74, 6) is 0.346. The Morgan fingerprint density at radius 1 is 1.07 bits per heavy atom. The molecule has 3 rings (SSSR count). The monoisotopic (exact) mass is 409 g/mol. The zero-order valence-electron chi connectivity index (χ0n) is 14.9. The molecule has 1 saturated heterocycles. The zero-order valence-corrected chi connectivity index (χ0v) is 16.4. The van der Waals surface area contributed by atoms with Gasteiger partial charge in [0.05, 0.1) is 17.2 Å². The Bertz CT molecular complexity index is 922. The summed E-state index contributed by atoms with van der Waals surface area (Å²) in [5.41, 5.74) is 0.117. The van der Waals surface area contributed by atoms with Gasteiger partial charge in [-0.25, -0.2) is 13.2 Å². The van der Waals surface area contributed by atoms with Crippen molar-refractivity contribution < 1.29 is 22.7 Å². The van der Waals surface area contributed by atoms with Crippen molar-refractivity contribution in [1.29, 1.82) is 0 Å². The fraction of sp³-hybridized carbons (Fsp3) is 0.316. The van der Waals surface area contributed by atoms with Crippen molar-refractivity contribution in [2.75, 3.05) is 19.7 Å². The lowest BCUT2D eigenvalue weighted by Crippen LogP contribution is -2.28. The van der Waals surface area contributed by atoms with Crippen LogP contribution in [0.25, 0.3) is 0 Å². The average molecular weight is 410 g/mol. The standard InChI is InChI=1S/C19H20ClNO5S/c1-2-25-15-6-8-16(9-7-15)26-19(22)14-5-10-17(20)18(13-14)27(23,24)21-11-3-4-12-21/h5-10,13H,2-4,11-12H2,1H3. The molecule has 0 aliphatic carbocycles. The molecule has 0 atom stereocenters. The fourth-order valence-electron chi connectivity index (χ4n) is 2.83. The molecule has 0 N–H and O–H groups in total. The van der Waals surface area contributed by atoms with Crippen molar-refractivity contribution in [3.63, 3.8) is 0 Å². The second kappa shape index (κ2) is 8.29. The number of hydrogen-bond acceptors (Lipinski definition) is 5. The van der Waals surface area contributed by atoms with Crippen LogP contribution in [0.15, 0.2) is 47.4 Å². The summed E-state index contributed by atoms with van der Waals surface area (Å²) in [7, 11) is -3.73. The Labute approximate surface area is 163 Å². The number of halogens is 1. The molecule has 6 nitrogen and oxygen atoms in total. The molecule has 1 aliphatic heterocycles. The number of rotatable bonds is 6. The van der Waals surface area contributed by atoms with E-state index in [9.17, 15) is 13.2 Å². The molecule has 0 aromatic heterocycles. The van der Waals surface area contributed by atoms with Crippen LogP contribution in [0.4, 0.5) is 0 Å². The smallest absolute Gasteiger partial charge is 0.343 e. The number of sulfonamides is 1. The summed E-state index contributed by atoms with van der Waals surface area (Å²) in [6.45, 7) is 3.33. The van der Waals surface area contributed by atoms with Crippen molar-refractivity contribution in [2.24, 2.45) is 0 Å². The molecule has 1 heterocycles. The van der Waals surface area contributed by atoms with Crippen LogP contribution in [0.5, 0.6) is 11.5 Å². The molecule has 0 bridgehead atoms. The number of nitrogens with zero attached hydrogens (tertiary/aromatic N) is 1. The number of ether oxygens (including phenoxy) is 2. The minimum Gasteiger partial charge on any atom is -0.494 e. The van der Waals surface area contributed by atoms with Crippen molar-refractivity contribution in [2.45, 2.75) is 24.7 Å². The largest absolute Gasteiger partial charge is 0.494 e. The number of carbonyl (C=O) groups is 1. The summed E-state index contributed by atoms with van der Waals surface area (Å²) < 4.78 is 37.6. The third kappa shape index (κ3) is 4.43. The van der Waals surface area contributed by atoms with Gasteiger partial charge in [0.25, 0.3) is 0 Å². The van der Waals surface area contributed by atoms with Crippen LogP contribution in [0, 0.1) is 0 Å². The fourth-order valence-corrected chi connectivity index (χ4v) is 4.85. The van der Waals surface area contributed by atoms with E-state index in [-0.39, 0.29) is 15.5 Å². The van der Waals surface area contributed by atoms with E-state index in [1.807, 2.05) is 6.92 Å². The highest BCUT2D eigenvalue weighted by atomic mass is 35.5. The second-order valence-electron chi connectivity index (χ2n) is 6.05. The Morgan fingerprint density at radius 2 is 1.70 bits per heavy atom. The maximum absolute atomic E-state index is 12.8. The van der Waals surface area contributed by atoms with Gasteiger partial charge in [-0.1, -0.05) is 11.6 Å². The van der Waals surface area contributed by atoms with E-state index in [1.54, 1.807) is 24.3 Å². The molecule has 0 saturated carbocycles. The summed E-state index contributed by atoms with van der Waals surface area (Å²) >= 11 is 6.10. The van der Waals surface area contributed by atoms with E-state index in [2.05, 4.69) is 0 Å². The first-order chi connectivity index (χ1) is 12.9. The molecule has 0 amide bonds. The molecule has 1 aliphatic rings. The Morgan fingerprint density at radius 3 is 2.33 bits per heavy atom. The van der Waals surface area contributed by atoms with Crippen LogP contribution in [-0.2, 0) is 10.0 Å². The van der Waals surface area contributed by atoms with E-state index in [1.165, 1.54) is 22.5 Å². The minimum atomic E-state index is -3.73. The van der Waals surface area contributed by atoms with Gasteiger partial charge in [-0.3, -0.25) is 0 Å². The predicted octanol–water partition coefficient (Wildman–Crippen LogP) is 3.74. The van der Waals surface area contributed by atoms with Gasteiger partial charge in [0.1, 0.15) is 16.4 Å².